The molecule has 0 aliphatic carbocycles. The maximum absolute atomic E-state index is 13.4. The molecule has 2 rings (SSSR count). The van der Waals surface area contributed by atoms with Gasteiger partial charge in [0.1, 0.15) is 23.2 Å². The first kappa shape index (κ1) is 14.0. The Kier molecular flexibility index (Phi) is 4.21. The third-order valence-electron chi connectivity index (χ3n) is 2.27. The number of nitrogens with two attached hydrogens (primary N) is 1. The fraction of sp³-hybridized carbons (Fsp3) is 0.167. The normalized spacial score (nSPS) is 10.5. The van der Waals surface area contributed by atoms with Crippen LogP contribution < -0.4 is 10.5 Å². The molecule has 0 spiro atoms. The van der Waals surface area contributed by atoms with Gasteiger partial charge in [-0.1, -0.05) is 18.5 Å². The summed E-state index contributed by atoms with van der Waals surface area (Å²) < 4.78 is 19.4. The van der Waals surface area contributed by atoms with Crippen molar-refractivity contribution in [2.24, 2.45) is 0 Å². The number of ether oxygens (including phenoxy) is 1. The van der Waals surface area contributed by atoms with E-state index in [1.807, 2.05) is 6.92 Å². The summed E-state index contributed by atoms with van der Waals surface area (Å²) in [6.07, 6.45) is 0.623. The highest BCUT2D eigenvalue weighted by Crippen LogP contribution is 2.33. The molecule has 0 aliphatic heterocycles. The fourth-order valence-electron chi connectivity index (χ4n) is 1.40. The Bertz CT molecular complexity index is 624. The third kappa shape index (κ3) is 3.33. The van der Waals surface area contributed by atoms with Crippen LogP contribution in [0.1, 0.15) is 12.7 Å². The molecule has 19 heavy (non-hydrogen) atoms. The molecule has 0 unspecified atom stereocenters. The molecule has 2 aromatic rings. The highest BCUT2D eigenvalue weighted by Gasteiger charge is 2.10. The lowest BCUT2D eigenvalue weighted by molar-refractivity contribution is 0.452. The summed E-state index contributed by atoms with van der Waals surface area (Å²) in [6, 6.07) is 4.06. The smallest absolute Gasteiger partial charge is 0.224 e. The van der Waals surface area contributed by atoms with Crippen LogP contribution in [0, 0.1) is 5.82 Å². The minimum absolute atomic E-state index is 0.00988. The SMILES string of the molecule is CCc1nc(N)cc(Oc2cc(F)c(Cl)cc2Br)n1. The predicted molar refractivity (Wildman–Crippen MR) is 75.0 cm³/mol. The van der Waals surface area contributed by atoms with Gasteiger partial charge in [-0.15, -0.1) is 0 Å². The Hall–Kier alpha value is -1.40. The number of nitrogen functional groups attached to an aromatic ring is 1. The van der Waals surface area contributed by atoms with E-state index in [0.717, 1.165) is 0 Å². The largest absolute Gasteiger partial charge is 0.438 e. The van der Waals surface area contributed by atoms with Crippen LogP contribution in [0.15, 0.2) is 22.7 Å². The van der Waals surface area contributed by atoms with E-state index >= 15 is 0 Å². The van der Waals surface area contributed by atoms with Crippen molar-refractivity contribution >= 4 is 33.3 Å². The van der Waals surface area contributed by atoms with Crippen LogP contribution in [0.5, 0.6) is 11.6 Å². The van der Waals surface area contributed by atoms with E-state index in [9.17, 15) is 4.39 Å². The monoisotopic (exact) mass is 345 g/mol. The Balaban J connectivity index is 2.36. The number of anilines is 1. The number of rotatable bonds is 3. The van der Waals surface area contributed by atoms with Crippen molar-refractivity contribution < 1.29 is 9.13 Å². The third-order valence-corrected chi connectivity index (χ3v) is 3.18. The van der Waals surface area contributed by atoms with E-state index in [2.05, 4.69) is 25.9 Å². The van der Waals surface area contributed by atoms with Gasteiger partial charge in [0.15, 0.2) is 0 Å². The summed E-state index contributed by atoms with van der Waals surface area (Å²) in [5, 5.41) is 0.00988. The topological polar surface area (TPSA) is 61.0 Å². The van der Waals surface area contributed by atoms with Crippen molar-refractivity contribution in [1.29, 1.82) is 0 Å². The van der Waals surface area contributed by atoms with Gasteiger partial charge in [-0.2, -0.15) is 4.98 Å². The second-order valence-corrected chi connectivity index (χ2v) is 4.96. The van der Waals surface area contributed by atoms with Gasteiger partial charge < -0.3 is 10.5 Å². The minimum Gasteiger partial charge on any atom is -0.438 e. The molecule has 1 heterocycles. The summed E-state index contributed by atoms with van der Waals surface area (Å²) in [5.41, 5.74) is 5.64. The second-order valence-electron chi connectivity index (χ2n) is 3.70. The van der Waals surface area contributed by atoms with Crippen molar-refractivity contribution in [3.05, 3.63) is 39.3 Å². The van der Waals surface area contributed by atoms with Gasteiger partial charge in [0.2, 0.25) is 5.88 Å². The minimum atomic E-state index is -0.572. The standard InChI is InChI=1S/C12H10BrClFN3O/c1-2-11-17-10(16)5-12(18-11)19-9-4-8(15)7(14)3-6(9)13/h3-5H,2H2,1H3,(H2,16,17,18). The lowest BCUT2D eigenvalue weighted by Crippen LogP contribution is -2.00. The van der Waals surface area contributed by atoms with E-state index in [1.165, 1.54) is 18.2 Å². The van der Waals surface area contributed by atoms with Gasteiger partial charge in [-0.3, -0.25) is 0 Å². The maximum atomic E-state index is 13.4. The van der Waals surface area contributed by atoms with E-state index in [1.54, 1.807) is 0 Å². The Labute approximate surface area is 122 Å². The number of nitrogens with zero attached hydrogens (tertiary/aromatic N) is 2. The van der Waals surface area contributed by atoms with Crippen molar-refractivity contribution in [3.63, 3.8) is 0 Å². The number of hydrogen-bond acceptors (Lipinski definition) is 4. The summed E-state index contributed by atoms with van der Waals surface area (Å²) in [6.45, 7) is 1.90. The molecule has 1 aromatic heterocycles. The summed E-state index contributed by atoms with van der Waals surface area (Å²) in [4.78, 5) is 8.18. The number of hydrogen-bond donors (Lipinski definition) is 1. The van der Waals surface area contributed by atoms with Gasteiger partial charge in [0, 0.05) is 18.6 Å². The molecular weight excluding hydrogens is 337 g/mol. The molecule has 0 fully saturated rings. The van der Waals surface area contributed by atoms with Gasteiger partial charge in [-0.25, -0.2) is 9.37 Å². The molecular formula is C12H10BrClFN3O. The first-order valence-electron chi connectivity index (χ1n) is 5.45. The highest BCUT2D eigenvalue weighted by atomic mass is 79.9. The molecule has 0 saturated carbocycles. The predicted octanol–water partition coefficient (Wildman–Crippen LogP) is 3.97. The van der Waals surface area contributed by atoms with Crippen LogP contribution in [0.25, 0.3) is 0 Å². The molecule has 0 radical (unpaired) electrons. The molecule has 0 amide bonds. The number of aryl methyl sites for hydroxylation is 1. The molecule has 7 heteroatoms. The summed E-state index contributed by atoms with van der Waals surface area (Å²) in [5.74, 6) is 0.805. The van der Waals surface area contributed by atoms with Crippen molar-refractivity contribution in [2.45, 2.75) is 13.3 Å². The zero-order valence-electron chi connectivity index (χ0n) is 9.95. The lowest BCUT2D eigenvalue weighted by Gasteiger charge is -2.09. The van der Waals surface area contributed by atoms with Gasteiger partial charge in [-0.05, 0) is 22.0 Å². The molecule has 0 aliphatic rings. The van der Waals surface area contributed by atoms with Gasteiger partial charge >= 0.3 is 0 Å². The van der Waals surface area contributed by atoms with Crippen molar-refractivity contribution in [3.8, 4) is 11.6 Å². The Morgan fingerprint density at radius 1 is 1.37 bits per heavy atom. The second kappa shape index (κ2) is 5.71. The molecule has 4 nitrogen and oxygen atoms in total. The molecule has 1 aromatic carbocycles. The van der Waals surface area contributed by atoms with Crippen molar-refractivity contribution in [2.75, 3.05) is 5.73 Å². The maximum Gasteiger partial charge on any atom is 0.224 e. The van der Waals surface area contributed by atoms with Crippen LogP contribution in [0.2, 0.25) is 5.02 Å². The number of aromatic nitrogens is 2. The highest BCUT2D eigenvalue weighted by molar-refractivity contribution is 9.10. The molecule has 0 atom stereocenters. The van der Waals surface area contributed by atoms with E-state index in [4.69, 9.17) is 22.1 Å². The van der Waals surface area contributed by atoms with E-state index < -0.39 is 5.82 Å². The van der Waals surface area contributed by atoms with Crippen LogP contribution in [-0.4, -0.2) is 9.97 Å². The average Bonchev–Trinajstić information content (AvgIpc) is 2.35. The van der Waals surface area contributed by atoms with Gasteiger partial charge in [0.25, 0.3) is 0 Å². The molecule has 0 saturated heterocycles. The van der Waals surface area contributed by atoms with Gasteiger partial charge in [0.05, 0.1) is 9.50 Å². The first-order chi connectivity index (χ1) is 8.99. The zero-order valence-corrected chi connectivity index (χ0v) is 12.3. The molecule has 2 N–H and O–H groups in total. The zero-order chi connectivity index (χ0) is 14.0. The van der Waals surface area contributed by atoms with Crippen molar-refractivity contribution in [1.82, 2.24) is 9.97 Å². The van der Waals surface area contributed by atoms with E-state index in [-0.39, 0.29) is 16.7 Å². The summed E-state index contributed by atoms with van der Waals surface area (Å²) >= 11 is 8.90. The average molecular weight is 347 g/mol. The Morgan fingerprint density at radius 2 is 2.11 bits per heavy atom. The van der Waals surface area contributed by atoms with Crippen LogP contribution in [0.3, 0.4) is 0 Å². The first-order valence-corrected chi connectivity index (χ1v) is 6.62. The van der Waals surface area contributed by atoms with E-state index in [0.29, 0.717) is 22.5 Å². The van der Waals surface area contributed by atoms with Crippen LogP contribution in [-0.2, 0) is 6.42 Å². The Morgan fingerprint density at radius 3 is 2.79 bits per heavy atom. The molecule has 0 bridgehead atoms. The summed E-state index contributed by atoms with van der Waals surface area (Å²) in [7, 11) is 0. The number of benzene rings is 1. The molecule has 100 valence electrons. The van der Waals surface area contributed by atoms with Crippen LogP contribution >= 0.6 is 27.5 Å². The fourth-order valence-corrected chi connectivity index (χ4v) is 2.12. The lowest BCUT2D eigenvalue weighted by atomic mass is 10.3. The van der Waals surface area contributed by atoms with Crippen LogP contribution in [0.4, 0.5) is 10.2 Å². The quantitative estimate of drug-likeness (QED) is 0.854. The number of halogens is 3.